The van der Waals surface area contributed by atoms with Crippen molar-refractivity contribution in [3.05, 3.63) is 70.5 Å². The molecule has 7 nitrogen and oxygen atoms in total. The third kappa shape index (κ3) is 4.21. The molecule has 2 atom stereocenters. The van der Waals surface area contributed by atoms with Crippen LogP contribution in [0.4, 0.5) is 5.13 Å². The molecule has 5 rings (SSSR count). The van der Waals surface area contributed by atoms with Crippen LogP contribution in [-0.2, 0) is 4.79 Å². The van der Waals surface area contributed by atoms with Gasteiger partial charge in [0.25, 0.3) is 5.56 Å². The van der Waals surface area contributed by atoms with Crippen LogP contribution in [0.5, 0.6) is 5.75 Å². The molecule has 1 N–H and O–H groups in total. The van der Waals surface area contributed by atoms with Crippen LogP contribution in [0, 0.1) is 0 Å². The average Bonchev–Trinajstić information content (AvgIpc) is 3.52. The van der Waals surface area contributed by atoms with E-state index in [4.69, 9.17) is 4.74 Å². The minimum atomic E-state index is -0.298. The molecule has 4 aromatic rings. The van der Waals surface area contributed by atoms with E-state index in [0.717, 1.165) is 19.4 Å². The van der Waals surface area contributed by atoms with Gasteiger partial charge in [-0.05, 0) is 36.5 Å². The van der Waals surface area contributed by atoms with Crippen LogP contribution < -0.4 is 15.2 Å². The van der Waals surface area contributed by atoms with E-state index in [1.165, 1.54) is 16.9 Å². The lowest BCUT2D eigenvalue weighted by molar-refractivity contribution is -0.120. The van der Waals surface area contributed by atoms with Gasteiger partial charge < -0.3 is 14.6 Å². The number of rotatable bonds is 7. The molecule has 1 aliphatic rings. The molecule has 34 heavy (non-hydrogen) atoms. The van der Waals surface area contributed by atoms with Crippen LogP contribution in [0.25, 0.3) is 21.7 Å². The zero-order valence-corrected chi connectivity index (χ0v) is 20.0. The fourth-order valence-electron chi connectivity index (χ4n) is 4.58. The van der Waals surface area contributed by atoms with E-state index in [1.807, 2.05) is 42.5 Å². The number of anilines is 1. The molecule has 3 heterocycles. The normalized spacial score (nSPS) is 16.6. The zero-order valence-electron chi connectivity index (χ0n) is 19.2. The first kappa shape index (κ1) is 22.3. The maximum atomic E-state index is 13.2. The molecule has 1 saturated heterocycles. The molecule has 0 saturated carbocycles. The molecular weight excluding hydrogens is 448 g/mol. The summed E-state index contributed by atoms with van der Waals surface area (Å²) in [5.41, 5.74) is 1.88. The first-order valence-corrected chi connectivity index (χ1v) is 12.3. The molecular formula is C26H26N4O3S. The van der Waals surface area contributed by atoms with Crippen LogP contribution in [0.1, 0.15) is 37.7 Å². The molecule has 2 aromatic carbocycles. The molecule has 0 unspecified atom stereocenters. The molecule has 1 fully saturated rings. The van der Waals surface area contributed by atoms with Crippen molar-refractivity contribution >= 4 is 32.6 Å². The second-order valence-corrected chi connectivity index (χ2v) is 9.55. The van der Waals surface area contributed by atoms with E-state index < -0.39 is 0 Å². The molecule has 0 amide bonds. The molecule has 0 spiro atoms. The summed E-state index contributed by atoms with van der Waals surface area (Å²) in [6.07, 6.45) is 2.20. The molecule has 0 bridgehead atoms. The van der Waals surface area contributed by atoms with Crippen LogP contribution in [0.2, 0.25) is 0 Å². The Morgan fingerprint density at radius 2 is 1.94 bits per heavy atom. The van der Waals surface area contributed by atoms with Gasteiger partial charge in [0.1, 0.15) is 11.6 Å². The standard InChI is InChI=1S/C26H26N4O3S/c1-16(17-9-4-3-5-10-17)15-20(31)19-12-8-14-30(19)26-27-22-24(32)28-23(29-25(22)34-26)18-11-6-7-13-21(18)33-2/h3-7,9-11,13,16,19H,8,12,14-15H2,1-2H3,(H,28,29,32)/t16-,19+/m0/s1. The summed E-state index contributed by atoms with van der Waals surface area (Å²) in [4.78, 5) is 40.8. The Morgan fingerprint density at radius 1 is 1.18 bits per heavy atom. The summed E-state index contributed by atoms with van der Waals surface area (Å²) in [6, 6.07) is 17.3. The first-order valence-electron chi connectivity index (χ1n) is 11.4. The number of methoxy groups -OCH3 is 1. The van der Waals surface area contributed by atoms with Gasteiger partial charge in [-0.15, -0.1) is 0 Å². The van der Waals surface area contributed by atoms with Gasteiger partial charge in [0.15, 0.2) is 21.3 Å². The maximum Gasteiger partial charge on any atom is 0.278 e. The number of aromatic amines is 1. The number of carbonyl (C=O) groups excluding carboxylic acids is 1. The SMILES string of the molecule is COc1ccccc1-c1nc2sc(N3CCC[C@@H]3C(=O)C[C@H](C)c3ccccc3)nc2c(=O)[nH]1. The molecule has 8 heteroatoms. The molecule has 174 valence electrons. The number of carbonyl (C=O) groups is 1. The summed E-state index contributed by atoms with van der Waals surface area (Å²) < 4.78 is 5.42. The number of nitrogens with one attached hydrogen (secondary N) is 1. The lowest BCUT2D eigenvalue weighted by Gasteiger charge is -2.24. The van der Waals surface area contributed by atoms with Gasteiger partial charge in [0.2, 0.25) is 0 Å². The highest BCUT2D eigenvalue weighted by Crippen LogP contribution is 2.34. The lowest BCUT2D eigenvalue weighted by atomic mass is 9.93. The Kier molecular flexibility index (Phi) is 6.15. The smallest absolute Gasteiger partial charge is 0.278 e. The Labute approximate surface area is 201 Å². The number of thiazole rings is 1. The number of H-pyrrole nitrogens is 1. The minimum absolute atomic E-state index is 0.152. The largest absolute Gasteiger partial charge is 0.496 e. The lowest BCUT2D eigenvalue weighted by Crippen LogP contribution is -2.36. The van der Waals surface area contributed by atoms with Gasteiger partial charge >= 0.3 is 0 Å². The minimum Gasteiger partial charge on any atom is -0.496 e. The second-order valence-electron chi connectivity index (χ2n) is 8.60. The van der Waals surface area contributed by atoms with Crippen molar-refractivity contribution in [3.8, 4) is 17.1 Å². The highest BCUT2D eigenvalue weighted by molar-refractivity contribution is 7.21. The number of benzene rings is 2. The van der Waals surface area contributed by atoms with E-state index in [2.05, 4.69) is 38.9 Å². The number of nitrogens with zero attached hydrogens (tertiary/aromatic N) is 3. The predicted molar refractivity (Wildman–Crippen MR) is 135 cm³/mol. The van der Waals surface area contributed by atoms with Crippen molar-refractivity contribution in [1.82, 2.24) is 15.0 Å². The van der Waals surface area contributed by atoms with Crippen LogP contribution >= 0.6 is 11.3 Å². The molecule has 0 aliphatic carbocycles. The van der Waals surface area contributed by atoms with E-state index in [1.54, 1.807) is 7.11 Å². The van der Waals surface area contributed by atoms with Crippen molar-refractivity contribution in [2.75, 3.05) is 18.6 Å². The van der Waals surface area contributed by atoms with Gasteiger partial charge in [-0.25, -0.2) is 9.97 Å². The summed E-state index contributed by atoms with van der Waals surface area (Å²) in [5.74, 6) is 1.44. The average molecular weight is 475 g/mol. The predicted octanol–water partition coefficient (Wildman–Crippen LogP) is 4.79. The number of fused-ring (bicyclic) bond motifs is 1. The molecule has 1 aliphatic heterocycles. The Hall–Kier alpha value is -3.52. The topological polar surface area (TPSA) is 88.2 Å². The third-order valence-corrected chi connectivity index (χ3v) is 7.35. The monoisotopic (exact) mass is 474 g/mol. The van der Waals surface area contributed by atoms with E-state index in [0.29, 0.717) is 39.0 Å². The molecule has 2 aromatic heterocycles. The number of hydrogen-bond acceptors (Lipinski definition) is 7. The van der Waals surface area contributed by atoms with Gasteiger partial charge in [-0.1, -0.05) is 60.7 Å². The fourth-order valence-corrected chi connectivity index (χ4v) is 5.60. The van der Waals surface area contributed by atoms with Crippen LogP contribution in [0.3, 0.4) is 0 Å². The fraction of sp³-hybridized carbons (Fsp3) is 0.308. The van der Waals surface area contributed by atoms with Crippen molar-refractivity contribution in [2.45, 2.75) is 38.1 Å². The number of hydrogen-bond donors (Lipinski definition) is 1. The third-order valence-electron chi connectivity index (χ3n) is 6.37. The molecule has 0 radical (unpaired) electrons. The van der Waals surface area contributed by atoms with E-state index in [-0.39, 0.29) is 23.3 Å². The van der Waals surface area contributed by atoms with Crippen molar-refractivity contribution < 1.29 is 9.53 Å². The maximum absolute atomic E-state index is 13.2. The van der Waals surface area contributed by atoms with Crippen molar-refractivity contribution in [2.24, 2.45) is 0 Å². The van der Waals surface area contributed by atoms with E-state index >= 15 is 0 Å². The summed E-state index contributed by atoms with van der Waals surface area (Å²) in [7, 11) is 1.59. The number of ether oxygens (including phenoxy) is 1. The number of ketones is 1. The van der Waals surface area contributed by atoms with Crippen molar-refractivity contribution in [3.63, 3.8) is 0 Å². The number of para-hydroxylation sites is 1. The Balaban J connectivity index is 1.42. The van der Waals surface area contributed by atoms with Gasteiger partial charge in [-0.3, -0.25) is 9.59 Å². The second kappa shape index (κ2) is 9.38. The van der Waals surface area contributed by atoms with Gasteiger partial charge in [-0.2, -0.15) is 0 Å². The number of aromatic nitrogens is 3. The van der Waals surface area contributed by atoms with Gasteiger partial charge in [0.05, 0.1) is 18.7 Å². The quantitative estimate of drug-likeness (QED) is 0.414. The summed E-state index contributed by atoms with van der Waals surface area (Å²) >= 11 is 1.36. The van der Waals surface area contributed by atoms with Crippen molar-refractivity contribution in [1.29, 1.82) is 0 Å². The summed E-state index contributed by atoms with van der Waals surface area (Å²) in [6.45, 7) is 2.83. The Morgan fingerprint density at radius 3 is 2.74 bits per heavy atom. The highest BCUT2D eigenvalue weighted by atomic mass is 32.1. The Bertz CT molecular complexity index is 1380. The number of Topliss-reactive ketones (excluding diaryl/α,β-unsaturated/α-hetero) is 1. The van der Waals surface area contributed by atoms with Crippen LogP contribution in [-0.4, -0.2) is 40.4 Å². The highest BCUT2D eigenvalue weighted by Gasteiger charge is 2.33. The zero-order chi connectivity index (χ0) is 23.7. The summed E-state index contributed by atoms with van der Waals surface area (Å²) in [5, 5.41) is 0.674. The first-order chi connectivity index (χ1) is 16.5. The van der Waals surface area contributed by atoms with Gasteiger partial charge in [0, 0.05) is 13.0 Å². The van der Waals surface area contributed by atoms with Crippen LogP contribution in [0.15, 0.2) is 59.4 Å². The van der Waals surface area contributed by atoms with E-state index in [9.17, 15) is 9.59 Å².